The van der Waals surface area contributed by atoms with Crippen LogP contribution < -0.4 is 0 Å². The van der Waals surface area contributed by atoms with Gasteiger partial charge in [0.25, 0.3) is 0 Å². The predicted octanol–water partition coefficient (Wildman–Crippen LogP) is 4.93. The third-order valence-electron chi connectivity index (χ3n) is 3.25. The topological polar surface area (TPSA) is 0 Å². The summed E-state index contributed by atoms with van der Waals surface area (Å²) in [5.41, 5.74) is 1.45. The van der Waals surface area contributed by atoms with Gasteiger partial charge in [-0.2, -0.15) is 11.2 Å². The maximum Gasteiger partial charge on any atom is 0.117 e. The van der Waals surface area contributed by atoms with Gasteiger partial charge in [-0.15, -0.1) is 0 Å². The minimum atomic E-state index is -1.17. The maximum atomic E-state index is 2.47. The molecule has 0 amide bonds. The van der Waals surface area contributed by atoms with Crippen molar-refractivity contribution >= 4 is 18.4 Å². The van der Waals surface area contributed by atoms with Crippen LogP contribution in [-0.2, 0) is 5.75 Å². The summed E-state index contributed by atoms with van der Waals surface area (Å²) in [6.07, 6.45) is 0. The van der Waals surface area contributed by atoms with Crippen LogP contribution in [0.5, 0.6) is 0 Å². The predicted molar refractivity (Wildman–Crippen MR) is 74.9 cm³/mol. The van der Waals surface area contributed by atoms with E-state index < -0.39 is 7.22 Å². The van der Waals surface area contributed by atoms with Gasteiger partial charge < -0.3 is 0 Å². The summed E-state index contributed by atoms with van der Waals surface area (Å²) in [7, 11) is -1.17. The summed E-state index contributed by atoms with van der Waals surface area (Å²) in [4.78, 5) is 0. The first-order valence-corrected chi connectivity index (χ1v) is 10.2. The summed E-state index contributed by atoms with van der Waals surface area (Å²) >= 11 is 2.18. The molecule has 0 aliphatic carbocycles. The van der Waals surface area contributed by atoms with E-state index in [2.05, 4.69) is 75.4 Å². The lowest BCUT2D eigenvalue weighted by Gasteiger charge is -2.36. The van der Waals surface area contributed by atoms with Crippen molar-refractivity contribution in [3.05, 3.63) is 35.9 Å². The first-order chi connectivity index (χ1) is 6.83. The van der Waals surface area contributed by atoms with Crippen molar-refractivity contribution in [2.45, 2.75) is 44.7 Å². The normalized spacial score (nSPS) is 12.9. The zero-order valence-electron chi connectivity index (χ0n) is 10.5. The van der Waals surface area contributed by atoms with E-state index in [-0.39, 0.29) is 0 Å². The fourth-order valence-electron chi connectivity index (χ4n) is 1.05. The van der Waals surface area contributed by atoms with Gasteiger partial charge in [0.05, 0.1) is 0 Å². The highest BCUT2D eigenvalue weighted by Gasteiger charge is 2.35. The Morgan fingerprint density at radius 2 is 1.60 bits per heavy atom. The van der Waals surface area contributed by atoms with Crippen LogP contribution in [0.3, 0.4) is 0 Å². The minimum Gasteiger partial charge on any atom is -0.180 e. The van der Waals surface area contributed by atoms with E-state index in [1.165, 1.54) is 5.56 Å². The first kappa shape index (κ1) is 12.9. The van der Waals surface area contributed by atoms with Crippen molar-refractivity contribution < 1.29 is 0 Å². The standard InChI is InChI=1S/C13H22SSi/c1-13(2,3)15(4,5)14-11-12-9-7-6-8-10-12/h6-10H,11H2,1-5H3. The zero-order chi connectivity index (χ0) is 11.5. The van der Waals surface area contributed by atoms with Crippen LogP contribution in [-0.4, -0.2) is 7.22 Å². The fraction of sp³-hybridized carbons (Fsp3) is 0.538. The molecule has 0 nitrogen and oxygen atoms in total. The Bertz CT molecular complexity index is 298. The van der Waals surface area contributed by atoms with Gasteiger partial charge in [-0.25, -0.2) is 0 Å². The molecule has 0 N–H and O–H groups in total. The molecule has 2 heteroatoms. The molecule has 0 aromatic heterocycles. The van der Waals surface area contributed by atoms with Crippen LogP contribution in [0, 0.1) is 0 Å². The van der Waals surface area contributed by atoms with Gasteiger partial charge in [-0.3, -0.25) is 0 Å². The molecule has 0 saturated carbocycles. The molecule has 1 aromatic carbocycles. The Hall–Kier alpha value is -0.213. The second-order valence-corrected chi connectivity index (χ2v) is 14.6. The lowest BCUT2D eigenvalue weighted by atomic mass is 10.2. The molecule has 15 heavy (non-hydrogen) atoms. The van der Waals surface area contributed by atoms with Crippen LogP contribution in [0.2, 0.25) is 18.1 Å². The fourth-order valence-corrected chi connectivity index (χ4v) is 5.09. The van der Waals surface area contributed by atoms with Crippen LogP contribution in [0.1, 0.15) is 26.3 Å². The number of benzene rings is 1. The highest BCUT2D eigenvalue weighted by atomic mass is 32.4. The van der Waals surface area contributed by atoms with Gasteiger partial charge in [-0.1, -0.05) is 64.2 Å². The number of hydrogen-bond acceptors (Lipinski definition) is 1. The van der Waals surface area contributed by atoms with E-state index in [9.17, 15) is 0 Å². The first-order valence-electron chi connectivity index (χ1n) is 5.51. The Morgan fingerprint density at radius 1 is 1.07 bits per heavy atom. The monoisotopic (exact) mass is 238 g/mol. The number of hydrogen-bond donors (Lipinski definition) is 0. The van der Waals surface area contributed by atoms with E-state index >= 15 is 0 Å². The molecular formula is C13H22SSi. The van der Waals surface area contributed by atoms with Crippen molar-refractivity contribution in [3.63, 3.8) is 0 Å². The zero-order valence-corrected chi connectivity index (χ0v) is 12.3. The van der Waals surface area contributed by atoms with E-state index in [4.69, 9.17) is 0 Å². The Labute approximate surface area is 99.1 Å². The van der Waals surface area contributed by atoms with Crippen LogP contribution in [0.15, 0.2) is 30.3 Å². The van der Waals surface area contributed by atoms with Crippen molar-refractivity contribution in [1.82, 2.24) is 0 Å². The molecule has 0 bridgehead atoms. The van der Waals surface area contributed by atoms with Gasteiger partial charge in [0.15, 0.2) is 0 Å². The van der Waals surface area contributed by atoms with Crippen molar-refractivity contribution in [2.75, 3.05) is 0 Å². The van der Waals surface area contributed by atoms with E-state index in [0.29, 0.717) is 5.04 Å². The average Bonchev–Trinajstić information content (AvgIpc) is 2.15. The van der Waals surface area contributed by atoms with E-state index in [0.717, 1.165) is 5.75 Å². The van der Waals surface area contributed by atoms with Gasteiger partial charge in [0.2, 0.25) is 0 Å². The van der Waals surface area contributed by atoms with Crippen molar-refractivity contribution in [1.29, 1.82) is 0 Å². The third-order valence-corrected chi connectivity index (χ3v) is 12.5. The molecule has 0 heterocycles. The second-order valence-electron chi connectivity index (χ2n) is 5.53. The van der Waals surface area contributed by atoms with Gasteiger partial charge in [-0.05, 0) is 10.6 Å². The van der Waals surface area contributed by atoms with Crippen LogP contribution >= 0.6 is 11.2 Å². The van der Waals surface area contributed by atoms with E-state index in [1.54, 1.807) is 0 Å². The molecule has 0 saturated heterocycles. The molecule has 0 atom stereocenters. The van der Waals surface area contributed by atoms with Crippen LogP contribution in [0.25, 0.3) is 0 Å². The quantitative estimate of drug-likeness (QED) is 0.673. The Morgan fingerprint density at radius 3 is 2.07 bits per heavy atom. The summed E-state index contributed by atoms with van der Waals surface area (Å²) in [6.45, 7) is 12.1. The largest absolute Gasteiger partial charge is 0.180 e. The smallest absolute Gasteiger partial charge is 0.117 e. The molecule has 0 fully saturated rings. The summed E-state index contributed by atoms with van der Waals surface area (Å²) < 4.78 is 0. The summed E-state index contributed by atoms with van der Waals surface area (Å²) in [5, 5.41) is 0.479. The third kappa shape index (κ3) is 3.69. The molecule has 0 aliphatic rings. The molecule has 0 aliphatic heterocycles. The molecule has 1 rings (SSSR count). The Balaban J connectivity index is 2.58. The Kier molecular flexibility index (Phi) is 4.07. The van der Waals surface area contributed by atoms with Gasteiger partial charge >= 0.3 is 0 Å². The summed E-state index contributed by atoms with van der Waals surface area (Å²) in [6, 6.07) is 10.8. The molecule has 0 unspecified atom stereocenters. The average molecular weight is 238 g/mol. The lowest BCUT2D eigenvalue weighted by Crippen LogP contribution is -2.33. The second kappa shape index (κ2) is 4.75. The SMILES string of the molecule is CC(C)(C)[Si](C)(C)SCc1ccccc1. The molecule has 0 spiro atoms. The van der Waals surface area contributed by atoms with E-state index in [1.807, 2.05) is 0 Å². The van der Waals surface area contributed by atoms with Crippen molar-refractivity contribution in [3.8, 4) is 0 Å². The van der Waals surface area contributed by atoms with Gasteiger partial charge in [0, 0.05) is 5.75 Å². The lowest BCUT2D eigenvalue weighted by molar-refractivity contribution is 0.736. The van der Waals surface area contributed by atoms with Crippen molar-refractivity contribution in [2.24, 2.45) is 0 Å². The summed E-state index contributed by atoms with van der Waals surface area (Å²) in [5.74, 6) is 1.16. The minimum absolute atomic E-state index is 0.479. The molecule has 1 aromatic rings. The highest BCUT2D eigenvalue weighted by Crippen LogP contribution is 2.44. The van der Waals surface area contributed by atoms with Crippen LogP contribution in [0.4, 0.5) is 0 Å². The molecular weight excluding hydrogens is 216 g/mol. The molecule has 0 radical (unpaired) electrons. The maximum absolute atomic E-state index is 2.47. The highest BCUT2D eigenvalue weighted by molar-refractivity contribution is 8.28. The molecule has 84 valence electrons. The van der Waals surface area contributed by atoms with Gasteiger partial charge in [0.1, 0.15) is 7.22 Å². The number of rotatable bonds is 3.